The molecule has 2 N–H and O–H groups in total. The van der Waals surface area contributed by atoms with Gasteiger partial charge in [-0.2, -0.15) is 0 Å². The van der Waals surface area contributed by atoms with Crippen molar-refractivity contribution in [3.05, 3.63) is 41.5 Å². The van der Waals surface area contributed by atoms with Crippen molar-refractivity contribution in [3.63, 3.8) is 0 Å². The molecule has 0 unspecified atom stereocenters. The third-order valence-electron chi connectivity index (χ3n) is 3.17. The van der Waals surface area contributed by atoms with Gasteiger partial charge in [0.25, 0.3) is 0 Å². The van der Waals surface area contributed by atoms with Crippen LogP contribution in [0.25, 0.3) is 0 Å². The summed E-state index contributed by atoms with van der Waals surface area (Å²) in [5.74, 6) is 2.68. The maximum atomic E-state index is 4.63. The maximum absolute atomic E-state index is 4.63. The Hall–Kier alpha value is -2.17. The van der Waals surface area contributed by atoms with Gasteiger partial charge < -0.3 is 10.6 Å². The van der Waals surface area contributed by atoms with Crippen LogP contribution < -0.4 is 10.6 Å². The van der Waals surface area contributed by atoms with E-state index < -0.39 is 0 Å². The van der Waals surface area contributed by atoms with E-state index in [1.54, 1.807) is 6.20 Å². The zero-order valence-electron chi connectivity index (χ0n) is 13.0. The number of hydrogen-bond donors (Lipinski definition) is 2. The second-order valence-electron chi connectivity index (χ2n) is 4.92. The standard InChI is InChI=1S/C16H23N5/c1-4-8-14-20-15(17-5-2)12(3)16(21-14)19-11-13-9-6-7-10-18-13/h6-7,9-10H,4-5,8,11H2,1-3H3,(H2,17,19,20,21). The van der Waals surface area contributed by atoms with Gasteiger partial charge in [0, 0.05) is 24.7 Å². The molecule has 21 heavy (non-hydrogen) atoms. The average molecular weight is 285 g/mol. The highest BCUT2D eigenvalue weighted by Gasteiger charge is 2.10. The number of aryl methyl sites for hydroxylation is 1. The van der Waals surface area contributed by atoms with Crippen molar-refractivity contribution in [1.82, 2.24) is 15.0 Å². The molecule has 0 amide bonds. The first-order valence-electron chi connectivity index (χ1n) is 7.49. The third kappa shape index (κ3) is 4.15. The van der Waals surface area contributed by atoms with Crippen molar-refractivity contribution in [2.45, 2.75) is 40.2 Å². The van der Waals surface area contributed by atoms with Crippen LogP contribution in [-0.4, -0.2) is 21.5 Å². The first-order chi connectivity index (χ1) is 10.2. The van der Waals surface area contributed by atoms with Gasteiger partial charge in [0.05, 0.1) is 12.2 Å². The molecule has 0 aliphatic carbocycles. The van der Waals surface area contributed by atoms with Crippen LogP contribution in [0.4, 0.5) is 11.6 Å². The van der Waals surface area contributed by atoms with Crippen molar-refractivity contribution >= 4 is 11.6 Å². The van der Waals surface area contributed by atoms with Crippen LogP contribution in [0.5, 0.6) is 0 Å². The highest BCUT2D eigenvalue weighted by Crippen LogP contribution is 2.21. The van der Waals surface area contributed by atoms with Crippen molar-refractivity contribution in [2.75, 3.05) is 17.2 Å². The van der Waals surface area contributed by atoms with Crippen LogP contribution in [0.2, 0.25) is 0 Å². The Labute approximate surface area is 126 Å². The van der Waals surface area contributed by atoms with Crippen LogP contribution in [0, 0.1) is 6.92 Å². The molecule has 5 nitrogen and oxygen atoms in total. The number of anilines is 2. The Morgan fingerprint density at radius 1 is 1.05 bits per heavy atom. The molecule has 0 saturated heterocycles. The number of rotatable bonds is 7. The molecule has 0 saturated carbocycles. The Balaban J connectivity index is 2.20. The van der Waals surface area contributed by atoms with Gasteiger partial charge in [-0.25, -0.2) is 9.97 Å². The van der Waals surface area contributed by atoms with Crippen LogP contribution in [0.15, 0.2) is 24.4 Å². The lowest BCUT2D eigenvalue weighted by Gasteiger charge is -2.14. The average Bonchev–Trinajstić information content (AvgIpc) is 2.50. The van der Waals surface area contributed by atoms with Gasteiger partial charge in [-0.1, -0.05) is 13.0 Å². The normalized spacial score (nSPS) is 10.4. The van der Waals surface area contributed by atoms with Crippen LogP contribution in [-0.2, 0) is 13.0 Å². The molecule has 0 bridgehead atoms. The maximum Gasteiger partial charge on any atom is 0.135 e. The number of hydrogen-bond acceptors (Lipinski definition) is 5. The Morgan fingerprint density at radius 3 is 2.43 bits per heavy atom. The van der Waals surface area contributed by atoms with E-state index in [0.29, 0.717) is 6.54 Å². The Kier molecular flexibility index (Phi) is 5.49. The summed E-state index contributed by atoms with van der Waals surface area (Å²) >= 11 is 0. The van der Waals surface area contributed by atoms with E-state index in [2.05, 4.69) is 39.4 Å². The van der Waals surface area contributed by atoms with Crippen molar-refractivity contribution in [2.24, 2.45) is 0 Å². The molecule has 2 aromatic heterocycles. The lowest BCUT2D eigenvalue weighted by Crippen LogP contribution is -2.11. The summed E-state index contributed by atoms with van der Waals surface area (Å²) < 4.78 is 0. The third-order valence-corrected chi connectivity index (χ3v) is 3.17. The quantitative estimate of drug-likeness (QED) is 0.818. The molecule has 0 aliphatic heterocycles. The zero-order chi connectivity index (χ0) is 15.1. The zero-order valence-corrected chi connectivity index (χ0v) is 13.0. The fraction of sp³-hybridized carbons (Fsp3) is 0.438. The summed E-state index contributed by atoms with van der Waals surface area (Å²) in [5.41, 5.74) is 2.05. The molecule has 2 rings (SSSR count). The second-order valence-corrected chi connectivity index (χ2v) is 4.92. The summed E-state index contributed by atoms with van der Waals surface area (Å²) in [6, 6.07) is 5.91. The van der Waals surface area contributed by atoms with Crippen molar-refractivity contribution < 1.29 is 0 Å². The molecule has 0 aliphatic rings. The molecule has 2 aromatic rings. The molecule has 0 atom stereocenters. The molecule has 2 heterocycles. The second kappa shape index (κ2) is 7.57. The van der Waals surface area contributed by atoms with E-state index in [9.17, 15) is 0 Å². The number of aromatic nitrogens is 3. The summed E-state index contributed by atoms with van der Waals surface area (Å²) in [6.45, 7) is 7.76. The molecule has 0 spiro atoms. The monoisotopic (exact) mass is 285 g/mol. The fourth-order valence-electron chi connectivity index (χ4n) is 2.09. The highest BCUT2D eigenvalue weighted by atomic mass is 15.1. The summed E-state index contributed by atoms with van der Waals surface area (Å²) in [7, 11) is 0. The van der Waals surface area contributed by atoms with E-state index in [1.807, 2.05) is 25.1 Å². The van der Waals surface area contributed by atoms with E-state index in [-0.39, 0.29) is 0 Å². The molecule has 0 radical (unpaired) electrons. The number of nitrogens with one attached hydrogen (secondary N) is 2. The van der Waals surface area contributed by atoms with E-state index in [0.717, 1.165) is 48.1 Å². The number of pyridine rings is 1. The highest BCUT2D eigenvalue weighted by molar-refractivity contribution is 5.57. The first-order valence-corrected chi connectivity index (χ1v) is 7.49. The summed E-state index contributed by atoms with van der Waals surface area (Å²) in [5, 5.41) is 6.68. The topological polar surface area (TPSA) is 62.7 Å². The van der Waals surface area contributed by atoms with Gasteiger partial charge in [-0.05, 0) is 32.4 Å². The van der Waals surface area contributed by atoms with E-state index in [4.69, 9.17) is 0 Å². The van der Waals surface area contributed by atoms with Gasteiger partial charge in [-0.15, -0.1) is 0 Å². The lowest BCUT2D eigenvalue weighted by molar-refractivity contribution is 0.829. The molecular weight excluding hydrogens is 262 g/mol. The van der Waals surface area contributed by atoms with Crippen LogP contribution in [0.1, 0.15) is 37.4 Å². The lowest BCUT2D eigenvalue weighted by atomic mass is 10.2. The largest absolute Gasteiger partial charge is 0.370 e. The smallest absolute Gasteiger partial charge is 0.135 e. The molecule has 0 fully saturated rings. The predicted molar refractivity (Wildman–Crippen MR) is 86.5 cm³/mol. The van der Waals surface area contributed by atoms with Gasteiger partial charge in [0.15, 0.2) is 0 Å². The summed E-state index contributed by atoms with van der Waals surface area (Å²) in [4.78, 5) is 13.5. The van der Waals surface area contributed by atoms with Gasteiger partial charge >= 0.3 is 0 Å². The minimum atomic E-state index is 0.663. The number of nitrogens with zero attached hydrogens (tertiary/aromatic N) is 3. The van der Waals surface area contributed by atoms with Crippen LogP contribution >= 0.6 is 0 Å². The Bertz CT molecular complexity index is 568. The predicted octanol–water partition coefficient (Wildman–Crippen LogP) is 3.18. The van der Waals surface area contributed by atoms with Crippen molar-refractivity contribution in [3.8, 4) is 0 Å². The van der Waals surface area contributed by atoms with E-state index in [1.165, 1.54) is 0 Å². The Morgan fingerprint density at radius 2 is 1.81 bits per heavy atom. The SMILES string of the molecule is CCCc1nc(NCC)c(C)c(NCc2ccccn2)n1. The first kappa shape index (κ1) is 15.2. The van der Waals surface area contributed by atoms with Gasteiger partial charge in [-0.3, -0.25) is 4.98 Å². The van der Waals surface area contributed by atoms with Crippen molar-refractivity contribution in [1.29, 1.82) is 0 Å². The van der Waals surface area contributed by atoms with Gasteiger partial charge in [0.1, 0.15) is 17.5 Å². The molecule has 112 valence electrons. The molecular formula is C16H23N5. The molecule has 5 heteroatoms. The molecule has 0 aromatic carbocycles. The van der Waals surface area contributed by atoms with E-state index >= 15 is 0 Å². The minimum Gasteiger partial charge on any atom is -0.370 e. The summed E-state index contributed by atoms with van der Waals surface area (Å²) in [6.07, 6.45) is 3.72. The van der Waals surface area contributed by atoms with Crippen LogP contribution in [0.3, 0.4) is 0 Å². The minimum absolute atomic E-state index is 0.663. The fourth-order valence-corrected chi connectivity index (χ4v) is 2.09. The van der Waals surface area contributed by atoms with Gasteiger partial charge in [0.2, 0.25) is 0 Å².